The molecule has 1 heterocycles. The highest BCUT2D eigenvalue weighted by Crippen LogP contribution is 2.64. The van der Waals surface area contributed by atoms with Crippen molar-refractivity contribution in [2.24, 2.45) is 5.92 Å². The molecular formula is C51H36O. The van der Waals surface area contributed by atoms with Gasteiger partial charge in [-0.2, -0.15) is 0 Å². The van der Waals surface area contributed by atoms with E-state index >= 15 is 0 Å². The number of hydrogen-bond donors (Lipinski definition) is 0. The van der Waals surface area contributed by atoms with Crippen LogP contribution >= 0.6 is 0 Å². The highest BCUT2D eigenvalue weighted by molar-refractivity contribution is 5.93. The molecule has 7 aromatic carbocycles. The van der Waals surface area contributed by atoms with Crippen molar-refractivity contribution in [1.82, 2.24) is 0 Å². The third kappa shape index (κ3) is 3.68. The van der Waals surface area contributed by atoms with Crippen molar-refractivity contribution in [2.75, 3.05) is 0 Å². The Bertz CT molecular complexity index is 2610. The van der Waals surface area contributed by atoms with Gasteiger partial charge in [-0.3, -0.25) is 0 Å². The van der Waals surface area contributed by atoms with Gasteiger partial charge in [0.2, 0.25) is 0 Å². The Morgan fingerprint density at radius 3 is 1.67 bits per heavy atom. The van der Waals surface area contributed by atoms with E-state index in [1.54, 1.807) is 0 Å². The van der Waals surface area contributed by atoms with Gasteiger partial charge in [0.15, 0.2) is 0 Å². The molecule has 0 saturated carbocycles. The molecule has 0 aromatic heterocycles. The summed E-state index contributed by atoms with van der Waals surface area (Å²) in [6, 6.07) is 62.9. The molecule has 0 amide bonds. The van der Waals surface area contributed by atoms with Gasteiger partial charge in [0, 0.05) is 11.1 Å². The lowest BCUT2D eigenvalue weighted by molar-refractivity contribution is 0.424. The normalized spacial score (nSPS) is 19.6. The summed E-state index contributed by atoms with van der Waals surface area (Å²) in [5.74, 6) is 2.25. The number of fused-ring (bicyclic) bond motifs is 11. The van der Waals surface area contributed by atoms with Crippen LogP contribution in [0.2, 0.25) is 0 Å². The Morgan fingerprint density at radius 2 is 0.981 bits per heavy atom. The second-order valence-corrected chi connectivity index (χ2v) is 14.7. The van der Waals surface area contributed by atoms with Gasteiger partial charge in [0.25, 0.3) is 0 Å². The van der Waals surface area contributed by atoms with Gasteiger partial charge in [0.05, 0.1) is 10.8 Å². The quantitative estimate of drug-likeness (QED) is 0.183. The lowest BCUT2D eigenvalue weighted by Crippen LogP contribution is -2.35. The molecule has 1 aliphatic heterocycles. The van der Waals surface area contributed by atoms with E-state index in [1.165, 1.54) is 72.3 Å². The zero-order valence-electron chi connectivity index (χ0n) is 29.0. The van der Waals surface area contributed by atoms with E-state index in [1.807, 2.05) is 0 Å². The molecule has 4 aliphatic rings. The minimum Gasteiger partial charge on any atom is -0.457 e. The SMILES string of the molecule is CC1CC=CC2=C1C1(c3ccccc3Oc3cc(-c4ccccc4C4(c5ccccc5)c5ccccc5-c5ccccc54)ccc31)c1ccccc12. The van der Waals surface area contributed by atoms with E-state index in [9.17, 15) is 0 Å². The number of hydrogen-bond acceptors (Lipinski definition) is 1. The number of benzene rings is 7. The largest absolute Gasteiger partial charge is 0.457 e. The average molecular weight is 665 g/mol. The van der Waals surface area contributed by atoms with Gasteiger partial charge in [-0.15, -0.1) is 0 Å². The maximum Gasteiger partial charge on any atom is 0.132 e. The Hall–Kier alpha value is -6.18. The Labute approximate surface area is 305 Å². The fourth-order valence-corrected chi connectivity index (χ4v) is 10.4. The molecular weight excluding hydrogens is 629 g/mol. The fourth-order valence-electron chi connectivity index (χ4n) is 10.4. The van der Waals surface area contributed by atoms with Crippen LogP contribution in [-0.4, -0.2) is 0 Å². The van der Waals surface area contributed by atoms with E-state index in [-0.39, 0.29) is 0 Å². The molecule has 0 N–H and O–H groups in total. The van der Waals surface area contributed by atoms with Crippen molar-refractivity contribution in [3.05, 3.63) is 232 Å². The predicted octanol–water partition coefficient (Wildman–Crippen LogP) is 12.5. The second kappa shape index (κ2) is 10.9. The van der Waals surface area contributed by atoms with Crippen LogP contribution in [0.5, 0.6) is 11.5 Å². The summed E-state index contributed by atoms with van der Waals surface area (Å²) in [6.07, 6.45) is 5.75. The number of rotatable bonds is 3. The number of ether oxygens (including phenoxy) is 1. The standard InChI is InChI=1S/C51H36O/c1-33-16-15-23-40-39-22-8-12-27-44(39)51(49(33)40)45-28-13-14-29-47(45)52-48-32-34(30-31-46(48)51)36-19-5-9-24-41(36)50(35-17-3-2-4-18-35)42-25-10-6-20-37(42)38-21-7-11-26-43(38)50/h2-15,17-33H,16H2,1H3. The summed E-state index contributed by atoms with van der Waals surface area (Å²) >= 11 is 0. The maximum atomic E-state index is 7.00. The highest BCUT2D eigenvalue weighted by atomic mass is 16.5. The molecule has 11 rings (SSSR count). The van der Waals surface area contributed by atoms with Gasteiger partial charge in [0.1, 0.15) is 11.5 Å². The van der Waals surface area contributed by atoms with Crippen molar-refractivity contribution in [3.8, 4) is 33.8 Å². The monoisotopic (exact) mass is 664 g/mol. The van der Waals surface area contributed by atoms with Gasteiger partial charge in [-0.25, -0.2) is 0 Å². The molecule has 52 heavy (non-hydrogen) atoms. The van der Waals surface area contributed by atoms with E-state index < -0.39 is 10.8 Å². The van der Waals surface area contributed by atoms with E-state index in [2.05, 4.69) is 189 Å². The van der Waals surface area contributed by atoms with Crippen LogP contribution in [0, 0.1) is 5.92 Å². The first-order chi connectivity index (χ1) is 25.7. The van der Waals surface area contributed by atoms with Crippen molar-refractivity contribution in [2.45, 2.75) is 24.2 Å². The van der Waals surface area contributed by atoms with Crippen LogP contribution in [-0.2, 0) is 10.8 Å². The molecule has 1 nitrogen and oxygen atoms in total. The van der Waals surface area contributed by atoms with E-state index in [4.69, 9.17) is 4.74 Å². The highest BCUT2D eigenvalue weighted by Gasteiger charge is 2.54. The van der Waals surface area contributed by atoms with Crippen LogP contribution in [0.1, 0.15) is 57.9 Å². The van der Waals surface area contributed by atoms with Crippen molar-refractivity contribution >= 4 is 5.57 Å². The van der Waals surface area contributed by atoms with Crippen LogP contribution < -0.4 is 4.74 Å². The predicted molar refractivity (Wildman–Crippen MR) is 212 cm³/mol. The van der Waals surface area contributed by atoms with E-state index in [0.717, 1.165) is 23.5 Å². The summed E-state index contributed by atoms with van der Waals surface area (Å²) in [7, 11) is 0. The Kier molecular flexibility index (Phi) is 6.20. The molecule has 2 atom stereocenters. The lowest BCUT2D eigenvalue weighted by Gasteiger charge is -2.43. The summed E-state index contributed by atoms with van der Waals surface area (Å²) in [4.78, 5) is 0. The summed E-state index contributed by atoms with van der Waals surface area (Å²) in [5.41, 5.74) is 17.2. The third-order valence-electron chi connectivity index (χ3n) is 12.3. The van der Waals surface area contributed by atoms with Crippen LogP contribution in [0.4, 0.5) is 0 Å². The topological polar surface area (TPSA) is 9.23 Å². The lowest BCUT2D eigenvalue weighted by atomic mass is 9.61. The smallest absolute Gasteiger partial charge is 0.132 e. The van der Waals surface area contributed by atoms with Crippen molar-refractivity contribution in [3.63, 3.8) is 0 Å². The van der Waals surface area contributed by atoms with Crippen molar-refractivity contribution < 1.29 is 4.74 Å². The zero-order valence-corrected chi connectivity index (χ0v) is 29.0. The molecule has 0 radical (unpaired) electrons. The minimum absolute atomic E-state index is 0.389. The first-order valence-corrected chi connectivity index (χ1v) is 18.5. The maximum absolute atomic E-state index is 7.00. The average Bonchev–Trinajstić information content (AvgIpc) is 3.68. The molecule has 1 heteroatoms. The summed E-state index contributed by atoms with van der Waals surface area (Å²) < 4.78 is 7.00. The second-order valence-electron chi connectivity index (χ2n) is 14.7. The molecule has 3 aliphatic carbocycles. The summed E-state index contributed by atoms with van der Waals surface area (Å²) in [6.45, 7) is 2.40. The van der Waals surface area contributed by atoms with E-state index in [0.29, 0.717) is 5.92 Å². The van der Waals surface area contributed by atoms with Crippen LogP contribution in [0.25, 0.3) is 27.8 Å². The van der Waals surface area contributed by atoms with Crippen LogP contribution in [0.15, 0.2) is 188 Å². The first kappa shape index (κ1) is 29.5. The molecule has 0 bridgehead atoms. The minimum atomic E-state index is -0.496. The molecule has 0 fully saturated rings. The number of allylic oxidation sites excluding steroid dienone is 4. The third-order valence-corrected chi connectivity index (χ3v) is 12.3. The Balaban J connectivity index is 1.19. The molecule has 2 unspecified atom stereocenters. The Morgan fingerprint density at radius 1 is 0.462 bits per heavy atom. The molecule has 0 saturated heterocycles. The summed E-state index contributed by atoms with van der Waals surface area (Å²) in [5, 5.41) is 0. The van der Waals surface area contributed by atoms with Gasteiger partial charge < -0.3 is 4.74 Å². The molecule has 7 aromatic rings. The number of para-hydroxylation sites is 1. The molecule has 246 valence electrons. The van der Waals surface area contributed by atoms with Gasteiger partial charge in [-0.1, -0.05) is 177 Å². The zero-order chi connectivity index (χ0) is 34.4. The van der Waals surface area contributed by atoms with Gasteiger partial charge in [-0.05, 0) is 91.3 Å². The van der Waals surface area contributed by atoms with Crippen molar-refractivity contribution in [1.29, 1.82) is 0 Å². The fraction of sp³-hybridized carbons (Fsp3) is 0.0980. The molecule has 1 spiro atoms. The first-order valence-electron chi connectivity index (χ1n) is 18.5. The van der Waals surface area contributed by atoms with Gasteiger partial charge >= 0.3 is 0 Å². The van der Waals surface area contributed by atoms with Crippen LogP contribution in [0.3, 0.4) is 0 Å².